The number of hydrogen-bond donors (Lipinski definition) is 2. The first-order valence-corrected chi connectivity index (χ1v) is 14.2. The van der Waals surface area contributed by atoms with Gasteiger partial charge in [-0.2, -0.15) is 5.26 Å². The first-order chi connectivity index (χ1) is 20.6. The highest BCUT2D eigenvalue weighted by Gasteiger charge is 2.24. The van der Waals surface area contributed by atoms with Gasteiger partial charge in [-0.25, -0.2) is 19.9 Å². The molecule has 0 spiro atoms. The molecule has 1 fully saturated rings. The molecule has 0 aliphatic carbocycles. The molecule has 5 aromatic rings. The highest BCUT2D eigenvalue weighted by atomic mass is 16.1. The number of piperidine rings is 1. The molecule has 208 valence electrons. The van der Waals surface area contributed by atoms with E-state index in [4.69, 9.17) is 15.2 Å². The summed E-state index contributed by atoms with van der Waals surface area (Å²) in [5.41, 5.74) is 6.44. The van der Waals surface area contributed by atoms with Crippen molar-refractivity contribution in [3.05, 3.63) is 95.7 Å². The number of fused-ring (bicyclic) bond motifs is 2. The largest absolute Gasteiger partial charge is 0.367 e. The van der Waals surface area contributed by atoms with Gasteiger partial charge >= 0.3 is 0 Å². The molecular formula is C32H29N9O. The van der Waals surface area contributed by atoms with E-state index in [1.165, 1.54) is 5.56 Å². The van der Waals surface area contributed by atoms with Crippen LogP contribution in [0.2, 0.25) is 0 Å². The van der Waals surface area contributed by atoms with Crippen LogP contribution in [-0.4, -0.2) is 60.8 Å². The monoisotopic (exact) mass is 555 g/mol. The lowest BCUT2D eigenvalue weighted by atomic mass is 10.0. The average molecular weight is 556 g/mol. The highest BCUT2D eigenvalue weighted by molar-refractivity contribution is 5.96. The van der Waals surface area contributed by atoms with E-state index in [2.05, 4.69) is 61.9 Å². The first-order valence-electron chi connectivity index (χ1n) is 14.2. The van der Waals surface area contributed by atoms with Gasteiger partial charge in [0.15, 0.2) is 0 Å². The molecule has 2 aliphatic rings. The number of carbonyl (C=O) groups excluding carboxylic acids is 1. The molecule has 1 saturated heterocycles. The van der Waals surface area contributed by atoms with Crippen molar-refractivity contribution in [1.82, 2.24) is 34.6 Å². The Kier molecular flexibility index (Phi) is 6.78. The Bertz CT molecular complexity index is 1800. The summed E-state index contributed by atoms with van der Waals surface area (Å²) in [4.78, 5) is 33.0. The third kappa shape index (κ3) is 5.06. The summed E-state index contributed by atoms with van der Waals surface area (Å²) in [6.07, 6.45) is 6.20. The maximum atomic E-state index is 12.6. The van der Waals surface area contributed by atoms with Crippen molar-refractivity contribution >= 4 is 17.5 Å². The van der Waals surface area contributed by atoms with E-state index in [-0.39, 0.29) is 11.7 Å². The second-order valence-electron chi connectivity index (χ2n) is 10.7. The van der Waals surface area contributed by atoms with Gasteiger partial charge in [0.25, 0.3) is 5.91 Å². The van der Waals surface area contributed by atoms with Gasteiger partial charge < -0.3 is 10.6 Å². The van der Waals surface area contributed by atoms with Gasteiger partial charge in [-0.1, -0.05) is 54.6 Å². The minimum absolute atomic E-state index is 0.0914. The smallest absolute Gasteiger partial charge is 0.254 e. The topological polar surface area (TPSA) is 124 Å². The summed E-state index contributed by atoms with van der Waals surface area (Å²) in [6, 6.07) is 22.9. The third-order valence-electron chi connectivity index (χ3n) is 7.96. The molecule has 2 aromatic carbocycles. The molecule has 7 rings (SSSR count). The SMILES string of the molecule is N#Cc1nccc(NC2CCN(Cc3ccc(-c4nc5nc6c(cn5c4-c4ccccc4)C(=O)NCC6)cc3)CC2)n1. The number of benzene rings is 2. The fraction of sp³-hybridized carbons (Fsp3) is 0.250. The highest BCUT2D eigenvalue weighted by Crippen LogP contribution is 2.33. The number of anilines is 1. The number of imidazole rings is 1. The van der Waals surface area contributed by atoms with Gasteiger partial charge in [0.2, 0.25) is 11.6 Å². The Morgan fingerprint density at radius 3 is 2.57 bits per heavy atom. The first kappa shape index (κ1) is 25.8. The predicted octanol–water partition coefficient (Wildman–Crippen LogP) is 4.09. The van der Waals surface area contributed by atoms with Crippen molar-refractivity contribution in [2.75, 3.05) is 25.0 Å². The molecule has 5 heterocycles. The van der Waals surface area contributed by atoms with Crippen LogP contribution in [0.15, 0.2) is 73.1 Å². The molecule has 0 saturated carbocycles. The van der Waals surface area contributed by atoms with Crippen LogP contribution in [0.3, 0.4) is 0 Å². The van der Waals surface area contributed by atoms with E-state index in [1.807, 2.05) is 40.9 Å². The Morgan fingerprint density at radius 1 is 0.976 bits per heavy atom. The van der Waals surface area contributed by atoms with E-state index in [0.29, 0.717) is 36.2 Å². The molecule has 0 radical (unpaired) electrons. The molecule has 2 aliphatic heterocycles. The van der Waals surface area contributed by atoms with E-state index in [9.17, 15) is 4.79 Å². The Labute approximate surface area is 243 Å². The summed E-state index contributed by atoms with van der Waals surface area (Å²) in [6.45, 7) is 3.42. The lowest BCUT2D eigenvalue weighted by molar-refractivity contribution is 0.0944. The van der Waals surface area contributed by atoms with Gasteiger partial charge in [-0.15, -0.1) is 0 Å². The van der Waals surface area contributed by atoms with E-state index >= 15 is 0 Å². The molecule has 42 heavy (non-hydrogen) atoms. The number of nitrogens with one attached hydrogen (secondary N) is 2. The quantitative estimate of drug-likeness (QED) is 0.321. The molecule has 10 nitrogen and oxygen atoms in total. The van der Waals surface area contributed by atoms with Crippen LogP contribution in [0.1, 0.15) is 40.3 Å². The maximum absolute atomic E-state index is 12.6. The Hall–Kier alpha value is -5.14. The number of rotatable bonds is 6. The van der Waals surface area contributed by atoms with Crippen molar-refractivity contribution in [3.8, 4) is 28.6 Å². The van der Waals surface area contributed by atoms with Crippen LogP contribution in [0.25, 0.3) is 28.3 Å². The van der Waals surface area contributed by atoms with Gasteiger partial charge in [-0.3, -0.25) is 14.1 Å². The number of carbonyl (C=O) groups is 1. The molecule has 1 amide bonds. The van der Waals surface area contributed by atoms with Crippen LogP contribution in [0, 0.1) is 11.3 Å². The van der Waals surface area contributed by atoms with E-state index < -0.39 is 0 Å². The van der Waals surface area contributed by atoms with Gasteiger partial charge in [0, 0.05) is 62.2 Å². The van der Waals surface area contributed by atoms with E-state index in [1.54, 1.807) is 6.20 Å². The zero-order chi connectivity index (χ0) is 28.5. The lowest BCUT2D eigenvalue weighted by Crippen LogP contribution is -2.38. The van der Waals surface area contributed by atoms with Crippen molar-refractivity contribution < 1.29 is 4.79 Å². The standard InChI is InChI=1S/C32H29N9O/c33-18-28-34-15-11-27(38-28)36-24-12-16-40(17-13-24)19-21-6-8-22(9-7-21)29-30(23-4-2-1-3-5-23)41-20-25-26(37-32(41)39-29)10-14-35-31(25)42/h1-9,11,15,20,24H,10,12-14,16-17,19H2,(H,35,42)(H,34,36,38). The van der Waals surface area contributed by atoms with E-state index in [0.717, 1.165) is 60.7 Å². The molecular weight excluding hydrogens is 526 g/mol. The fourth-order valence-corrected chi connectivity index (χ4v) is 5.81. The van der Waals surface area contributed by atoms with Crippen LogP contribution in [-0.2, 0) is 13.0 Å². The van der Waals surface area contributed by atoms with Crippen molar-refractivity contribution in [3.63, 3.8) is 0 Å². The number of aromatic nitrogens is 5. The number of hydrogen-bond acceptors (Lipinski definition) is 8. The fourth-order valence-electron chi connectivity index (χ4n) is 5.81. The number of amides is 1. The minimum atomic E-state index is -0.0914. The summed E-state index contributed by atoms with van der Waals surface area (Å²) < 4.78 is 1.95. The summed E-state index contributed by atoms with van der Waals surface area (Å²) in [7, 11) is 0. The predicted molar refractivity (Wildman–Crippen MR) is 159 cm³/mol. The molecule has 10 heteroatoms. The van der Waals surface area contributed by atoms with Crippen LogP contribution >= 0.6 is 0 Å². The van der Waals surface area contributed by atoms with Crippen LogP contribution in [0.5, 0.6) is 0 Å². The zero-order valence-electron chi connectivity index (χ0n) is 23.0. The number of likely N-dealkylation sites (tertiary alicyclic amines) is 1. The maximum Gasteiger partial charge on any atom is 0.254 e. The summed E-state index contributed by atoms with van der Waals surface area (Å²) >= 11 is 0. The number of nitrogens with zero attached hydrogens (tertiary/aromatic N) is 7. The second kappa shape index (κ2) is 11.0. The average Bonchev–Trinajstić information content (AvgIpc) is 3.40. The zero-order valence-corrected chi connectivity index (χ0v) is 23.0. The van der Waals surface area contributed by atoms with Crippen molar-refractivity contribution in [1.29, 1.82) is 5.26 Å². The van der Waals surface area contributed by atoms with Crippen LogP contribution in [0.4, 0.5) is 5.82 Å². The molecule has 0 bridgehead atoms. The molecule has 0 atom stereocenters. The lowest BCUT2D eigenvalue weighted by Gasteiger charge is -2.32. The molecule has 0 unspecified atom stereocenters. The summed E-state index contributed by atoms with van der Waals surface area (Å²) in [5, 5.41) is 15.4. The number of nitriles is 1. The Balaban J connectivity index is 1.10. The minimum Gasteiger partial charge on any atom is -0.367 e. The van der Waals surface area contributed by atoms with Crippen molar-refractivity contribution in [2.24, 2.45) is 0 Å². The van der Waals surface area contributed by atoms with Crippen LogP contribution < -0.4 is 10.6 Å². The van der Waals surface area contributed by atoms with Gasteiger partial charge in [0.05, 0.1) is 22.6 Å². The Morgan fingerprint density at radius 2 is 1.79 bits per heavy atom. The van der Waals surface area contributed by atoms with Gasteiger partial charge in [-0.05, 0) is 24.5 Å². The molecule has 3 aromatic heterocycles. The second-order valence-corrected chi connectivity index (χ2v) is 10.7. The molecule has 2 N–H and O–H groups in total. The van der Waals surface area contributed by atoms with Gasteiger partial charge in [0.1, 0.15) is 11.9 Å². The third-order valence-corrected chi connectivity index (χ3v) is 7.96. The summed E-state index contributed by atoms with van der Waals surface area (Å²) in [5.74, 6) is 1.40. The van der Waals surface area contributed by atoms with Crippen molar-refractivity contribution in [2.45, 2.75) is 31.8 Å². The normalized spacial score (nSPS) is 15.6.